The minimum atomic E-state index is 0.182. The summed E-state index contributed by atoms with van der Waals surface area (Å²) in [5, 5.41) is 18.5. The second kappa shape index (κ2) is 5.13. The number of aromatic hydroxyl groups is 1. The molecule has 6 nitrogen and oxygen atoms in total. The van der Waals surface area contributed by atoms with E-state index in [0.29, 0.717) is 29.6 Å². The average molecular weight is 274 g/mol. The molecule has 0 fully saturated rings. The van der Waals surface area contributed by atoms with Crippen LogP contribution >= 0.6 is 0 Å². The van der Waals surface area contributed by atoms with Crippen LogP contribution in [-0.4, -0.2) is 33.5 Å². The molecule has 1 aliphatic rings. The summed E-state index contributed by atoms with van der Waals surface area (Å²) in [7, 11) is 1.60. The van der Waals surface area contributed by atoms with Crippen molar-refractivity contribution in [2.24, 2.45) is 11.7 Å². The minimum absolute atomic E-state index is 0.182. The maximum absolute atomic E-state index is 10.0. The maximum Gasteiger partial charge on any atom is 0.167 e. The van der Waals surface area contributed by atoms with Gasteiger partial charge < -0.3 is 20.1 Å². The summed E-state index contributed by atoms with van der Waals surface area (Å²) < 4.78 is 7.26. The Morgan fingerprint density at radius 1 is 1.45 bits per heavy atom. The number of nitrogens with zero attached hydrogens (tertiary/aromatic N) is 3. The fraction of sp³-hybridized carbons (Fsp3) is 0.429. The first-order chi connectivity index (χ1) is 9.72. The summed E-state index contributed by atoms with van der Waals surface area (Å²) >= 11 is 0. The Morgan fingerprint density at radius 3 is 3.05 bits per heavy atom. The molecular weight excluding hydrogens is 256 g/mol. The number of hydrogen-bond donors (Lipinski definition) is 2. The Morgan fingerprint density at radius 2 is 2.30 bits per heavy atom. The molecule has 1 aliphatic heterocycles. The predicted octanol–water partition coefficient (Wildman–Crippen LogP) is 1.18. The van der Waals surface area contributed by atoms with Crippen LogP contribution in [0.15, 0.2) is 18.2 Å². The molecule has 2 aromatic rings. The van der Waals surface area contributed by atoms with Gasteiger partial charge in [0.05, 0.1) is 12.7 Å². The number of phenolic OH excluding ortho intramolecular Hbond substituents is 1. The first-order valence-electron chi connectivity index (χ1n) is 6.72. The zero-order valence-electron chi connectivity index (χ0n) is 11.4. The van der Waals surface area contributed by atoms with Crippen LogP contribution in [0.3, 0.4) is 0 Å². The van der Waals surface area contributed by atoms with E-state index in [-0.39, 0.29) is 5.75 Å². The number of ether oxygens (including phenoxy) is 1. The lowest BCUT2D eigenvalue weighted by atomic mass is 9.98. The van der Waals surface area contributed by atoms with Crippen molar-refractivity contribution in [3.63, 3.8) is 0 Å². The largest absolute Gasteiger partial charge is 0.507 e. The Balaban J connectivity index is 2.02. The van der Waals surface area contributed by atoms with Crippen LogP contribution in [0.25, 0.3) is 11.4 Å². The van der Waals surface area contributed by atoms with Gasteiger partial charge in [-0.05, 0) is 37.1 Å². The SMILES string of the molecule is COc1ccc(O)c(-c2nnc3n2CCC(CN)C3)c1. The van der Waals surface area contributed by atoms with Gasteiger partial charge in [0, 0.05) is 13.0 Å². The predicted molar refractivity (Wildman–Crippen MR) is 74.5 cm³/mol. The molecule has 0 radical (unpaired) electrons. The molecule has 1 aromatic heterocycles. The van der Waals surface area contributed by atoms with Gasteiger partial charge in [0.25, 0.3) is 0 Å². The summed E-state index contributed by atoms with van der Waals surface area (Å²) in [4.78, 5) is 0. The van der Waals surface area contributed by atoms with Crippen LogP contribution in [0.4, 0.5) is 0 Å². The molecule has 1 aromatic carbocycles. The quantitative estimate of drug-likeness (QED) is 0.877. The third-order valence-corrected chi connectivity index (χ3v) is 3.84. The van der Waals surface area contributed by atoms with Crippen molar-refractivity contribution in [1.82, 2.24) is 14.8 Å². The highest BCUT2D eigenvalue weighted by Gasteiger charge is 2.24. The van der Waals surface area contributed by atoms with Crippen molar-refractivity contribution in [3.8, 4) is 22.9 Å². The fourth-order valence-corrected chi connectivity index (χ4v) is 2.61. The smallest absolute Gasteiger partial charge is 0.167 e. The van der Waals surface area contributed by atoms with Crippen molar-refractivity contribution in [3.05, 3.63) is 24.0 Å². The van der Waals surface area contributed by atoms with E-state index in [1.807, 2.05) is 0 Å². The molecule has 0 bridgehead atoms. The number of hydrogen-bond acceptors (Lipinski definition) is 5. The van der Waals surface area contributed by atoms with E-state index in [4.69, 9.17) is 10.5 Å². The molecule has 106 valence electrons. The van der Waals surface area contributed by atoms with Gasteiger partial charge in [-0.1, -0.05) is 0 Å². The molecule has 2 heterocycles. The van der Waals surface area contributed by atoms with Gasteiger partial charge >= 0.3 is 0 Å². The van der Waals surface area contributed by atoms with E-state index in [1.54, 1.807) is 25.3 Å². The number of methoxy groups -OCH3 is 1. The van der Waals surface area contributed by atoms with E-state index in [0.717, 1.165) is 25.2 Å². The van der Waals surface area contributed by atoms with E-state index in [1.165, 1.54) is 0 Å². The van der Waals surface area contributed by atoms with Crippen LogP contribution < -0.4 is 10.5 Å². The topological polar surface area (TPSA) is 86.2 Å². The molecule has 20 heavy (non-hydrogen) atoms. The molecule has 1 atom stereocenters. The summed E-state index contributed by atoms with van der Waals surface area (Å²) in [6, 6.07) is 5.11. The first kappa shape index (κ1) is 12.9. The zero-order valence-corrected chi connectivity index (χ0v) is 11.4. The fourth-order valence-electron chi connectivity index (χ4n) is 2.61. The van der Waals surface area contributed by atoms with E-state index < -0.39 is 0 Å². The lowest BCUT2D eigenvalue weighted by Crippen LogP contribution is -2.25. The van der Waals surface area contributed by atoms with Gasteiger partial charge in [0.2, 0.25) is 0 Å². The van der Waals surface area contributed by atoms with Crippen LogP contribution in [0, 0.1) is 5.92 Å². The highest BCUT2D eigenvalue weighted by atomic mass is 16.5. The van der Waals surface area contributed by atoms with Crippen molar-refractivity contribution in [2.75, 3.05) is 13.7 Å². The normalized spacial score (nSPS) is 17.8. The minimum Gasteiger partial charge on any atom is -0.507 e. The summed E-state index contributed by atoms with van der Waals surface area (Å²) in [6.07, 6.45) is 1.85. The Labute approximate surface area is 117 Å². The third kappa shape index (κ3) is 2.12. The molecule has 0 saturated carbocycles. The standard InChI is InChI=1S/C14H18N4O2/c1-20-10-2-3-12(19)11(7-10)14-17-16-13-6-9(8-15)4-5-18(13)14/h2-3,7,9,19H,4-6,8,15H2,1H3. The Hall–Kier alpha value is -2.08. The second-order valence-electron chi connectivity index (χ2n) is 5.07. The van der Waals surface area contributed by atoms with E-state index in [9.17, 15) is 5.11 Å². The molecule has 6 heteroatoms. The first-order valence-corrected chi connectivity index (χ1v) is 6.72. The summed E-state index contributed by atoms with van der Waals surface area (Å²) in [5.74, 6) is 2.96. The van der Waals surface area contributed by atoms with Gasteiger partial charge in [-0.3, -0.25) is 0 Å². The van der Waals surface area contributed by atoms with Gasteiger partial charge in [-0.25, -0.2) is 0 Å². The van der Waals surface area contributed by atoms with Crippen molar-refractivity contribution < 1.29 is 9.84 Å². The Kier molecular flexibility index (Phi) is 3.31. The highest BCUT2D eigenvalue weighted by Crippen LogP contribution is 2.33. The number of aromatic nitrogens is 3. The lowest BCUT2D eigenvalue weighted by Gasteiger charge is -2.22. The summed E-state index contributed by atoms with van der Waals surface area (Å²) in [5.41, 5.74) is 6.37. The number of fused-ring (bicyclic) bond motifs is 1. The van der Waals surface area contributed by atoms with Crippen LogP contribution in [0.1, 0.15) is 12.2 Å². The number of phenols is 1. The van der Waals surface area contributed by atoms with Gasteiger partial charge in [0.1, 0.15) is 17.3 Å². The highest BCUT2D eigenvalue weighted by molar-refractivity contribution is 5.66. The van der Waals surface area contributed by atoms with Crippen LogP contribution in [0.2, 0.25) is 0 Å². The Bertz CT molecular complexity index is 624. The third-order valence-electron chi connectivity index (χ3n) is 3.84. The molecule has 0 saturated heterocycles. The summed E-state index contributed by atoms with van der Waals surface area (Å²) in [6.45, 7) is 1.50. The lowest BCUT2D eigenvalue weighted by molar-refractivity contribution is 0.390. The van der Waals surface area contributed by atoms with E-state index >= 15 is 0 Å². The molecule has 0 spiro atoms. The number of nitrogens with two attached hydrogens (primary N) is 1. The molecule has 3 N–H and O–H groups in total. The molecule has 3 rings (SSSR count). The van der Waals surface area contributed by atoms with Crippen LogP contribution in [0.5, 0.6) is 11.5 Å². The average Bonchev–Trinajstić information content (AvgIpc) is 2.90. The van der Waals surface area contributed by atoms with E-state index in [2.05, 4.69) is 14.8 Å². The molecule has 1 unspecified atom stereocenters. The molecule has 0 amide bonds. The molecular formula is C14H18N4O2. The van der Waals surface area contributed by atoms with Gasteiger partial charge in [-0.15, -0.1) is 10.2 Å². The number of benzene rings is 1. The van der Waals surface area contributed by atoms with Crippen molar-refractivity contribution in [1.29, 1.82) is 0 Å². The number of rotatable bonds is 3. The van der Waals surface area contributed by atoms with Gasteiger partial charge in [-0.2, -0.15) is 0 Å². The monoisotopic (exact) mass is 274 g/mol. The molecule has 0 aliphatic carbocycles. The van der Waals surface area contributed by atoms with Crippen molar-refractivity contribution in [2.45, 2.75) is 19.4 Å². The zero-order chi connectivity index (χ0) is 14.1. The second-order valence-corrected chi connectivity index (χ2v) is 5.07. The maximum atomic E-state index is 10.0. The van der Waals surface area contributed by atoms with Gasteiger partial charge in [0.15, 0.2) is 5.82 Å². The van der Waals surface area contributed by atoms with Crippen LogP contribution in [-0.2, 0) is 13.0 Å². The van der Waals surface area contributed by atoms with Crippen molar-refractivity contribution >= 4 is 0 Å².